The van der Waals surface area contributed by atoms with Crippen molar-refractivity contribution in [2.45, 2.75) is 26.2 Å². The molecule has 3 nitrogen and oxygen atoms in total. The van der Waals surface area contributed by atoms with Gasteiger partial charge >= 0.3 is 0 Å². The standard InChI is InChI=1S/C14H14BrClFN3/c1-2-4-10-12(15)14(18)20-11(19-10)7-8-5-3-6-9(16)13(8)17/h3,5-6H,2,4,7H2,1H3,(H2,18,19,20). The number of benzene rings is 1. The molecule has 0 saturated carbocycles. The molecule has 0 aliphatic carbocycles. The number of hydrogen-bond acceptors (Lipinski definition) is 3. The average Bonchev–Trinajstić information content (AvgIpc) is 2.41. The molecular weight excluding hydrogens is 345 g/mol. The highest BCUT2D eigenvalue weighted by atomic mass is 79.9. The second kappa shape index (κ2) is 6.50. The van der Waals surface area contributed by atoms with E-state index in [-0.39, 0.29) is 11.4 Å². The van der Waals surface area contributed by atoms with Crippen molar-refractivity contribution >= 4 is 33.3 Å². The van der Waals surface area contributed by atoms with Gasteiger partial charge < -0.3 is 5.73 Å². The Balaban J connectivity index is 2.36. The van der Waals surface area contributed by atoms with Crippen molar-refractivity contribution in [1.29, 1.82) is 0 Å². The quantitative estimate of drug-likeness (QED) is 0.893. The van der Waals surface area contributed by atoms with E-state index in [1.165, 1.54) is 6.07 Å². The first-order chi connectivity index (χ1) is 9.52. The van der Waals surface area contributed by atoms with E-state index in [4.69, 9.17) is 17.3 Å². The Morgan fingerprint density at radius 1 is 1.35 bits per heavy atom. The molecule has 0 fully saturated rings. The van der Waals surface area contributed by atoms with E-state index in [2.05, 4.69) is 32.8 Å². The van der Waals surface area contributed by atoms with E-state index in [0.717, 1.165) is 23.0 Å². The molecule has 20 heavy (non-hydrogen) atoms. The molecule has 6 heteroatoms. The summed E-state index contributed by atoms with van der Waals surface area (Å²) >= 11 is 9.15. The number of halogens is 3. The third kappa shape index (κ3) is 3.27. The normalized spacial score (nSPS) is 10.8. The Labute approximate surface area is 130 Å². The van der Waals surface area contributed by atoms with Crippen molar-refractivity contribution in [3.8, 4) is 0 Å². The number of nitrogens with zero attached hydrogens (tertiary/aromatic N) is 2. The van der Waals surface area contributed by atoms with Crippen molar-refractivity contribution in [3.05, 3.63) is 50.6 Å². The predicted molar refractivity (Wildman–Crippen MR) is 82.4 cm³/mol. The summed E-state index contributed by atoms with van der Waals surface area (Å²) in [5.74, 6) is 0.438. The van der Waals surface area contributed by atoms with Crippen LogP contribution in [0, 0.1) is 5.82 Å². The maximum atomic E-state index is 13.9. The molecule has 0 aliphatic heterocycles. The zero-order chi connectivity index (χ0) is 14.7. The molecule has 1 aromatic heterocycles. The Kier molecular flexibility index (Phi) is 4.94. The van der Waals surface area contributed by atoms with Crippen LogP contribution in [0.15, 0.2) is 22.7 Å². The monoisotopic (exact) mass is 357 g/mol. The molecule has 0 amide bonds. The highest BCUT2D eigenvalue weighted by Crippen LogP contribution is 2.24. The van der Waals surface area contributed by atoms with Gasteiger partial charge in [-0.05, 0) is 34.0 Å². The highest BCUT2D eigenvalue weighted by Gasteiger charge is 2.13. The number of aryl methyl sites for hydroxylation is 1. The van der Waals surface area contributed by atoms with Crippen molar-refractivity contribution in [1.82, 2.24) is 9.97 Å². The topological polar surface area (TPSA) is 51.8 Å². The zero-order valence-corrected chi connectivity index (χ0v) is 13.3. The number of hydrogen-bond donors (Lipinski definition) is 1. The van der Waals surface area contributed by atoms with Gasteiger partial charge in [-0.15, -0.1) is 0 Å². The van der Waals surface area contributed by atoms with E-state index in [0.29, 0.717) is 17.2 Å². The molecule has 0 aliphatic rings. The van der Waals surface area contributed by atoms with Crippen molar-refractivity contribution in [2.75, 3.05) is 5.73 Å². The third-order valence-electron chi connectivity index (χ3n) is 2.86. The van der Waals surface area contributed by atoms with Crippen LogP contribution in [-0.4, -0.2) is 9.97 Å². The van der Waals surface area contributed by atoms with Gasteiger partial charge in [0.15, 0.2) is 0 Å². The van der Waals surface area contributed by atoms with Crippen molar-refractivity contribution in [3.63, 3.8) is 0 Å². The molecule has 2 rings (SSSR count). The van der Waals surface area contributed by atoms with Gasteiger partial charge in [0.2, 0.25) is 0 Å². The largest absolute Gasteiger partial charge is 0.383 e. The molecular formula is C14H14BrClFN3. The van der Waals surface area contributed by atoms with Crippen LogP contribution in [0.2, 0.25) is 5.02 Å². The van der Waals surface area contributed by atoms with E-state index in [1.54, 1.807) is 12.1 Å². The first kappa shape index (κ1) is 15.2. The summed E-state index contributed by atoms with van der Waals surface area (Å²) in [5.41, 5.74) is 7.16. The minimum absolute atomic E-state index is 0.0985. The zero-order valence-electron chi connectivity index (χ0n) is 11.0. The van der Waals surface area contributed by atoms with Crippen LogP contribution >= 0.6 is 27.5 Å². The Bertz CT molecular complexity index is 634. The lowest BCUT2D eigenvalue weighted by Crippen LogP contribution is -2.07. The first-order valence-corrected chi connectivity index (χ1v) is 7.43. The molecule has 1 aromatic carbocycles. The van der Waals surface area contributed by atoms with Gasteiger partial charge in [-0.2, -0.15) is 0 Å². The van der Waals surface area contributed by atoms with Crippen LogP contribution in [0.4, 0.5) is 10.2 Å². The Hall–Kier alpha value is -1.20. The number of anilines is 1. The highest BCUT2D eigenvalue weighted by molar-refractivity contribution is 9.10. The van der Waals surface area contributed by atoms with Crippen LogP contribution < -0.4 is 5.73 Å². The summed E-state index contributed by atoms with van der Waals surface area (Å²) in [6, 6.07) is 4.89. The number of nitrogens with two attached hydrogens (primary N) is 1. The summed E-state index contributed by atoms with van der Waals surface area (Å²) in [4.78, 5) is 8.63. The molecule has 2 aromatic rings. The molecule has 0 bridgehead atoms. The fourth-order valence-electron chi connectivity index (χ4n) is 1.90. The lowest BCUT2D eigenvalue weighted by Gasteiger charge is -2.09. The summed E-state index contributed by atoms with van der Waals surface area (Å²) in [6.45, 7) is 2.06. The molecule has 2 N–H and O–H groups in total. The van der Waals surface area contributed by atoms with Crippen molar-refractivity contribution in [2.24, 2.45) is 0 Å². The van der Waals surface area contributed by atoms with Crippen LogP contribution in [0.1, 0.15) is 30.4 Å². The maximum Gasteiger partial charge on any atom is 0.145 e. The number of aromatic nitrogens is 2. The Morgan fingerprint density at radius 3 is 2.80 bits per heavy atom. The minimum atomic E-state index is -0.434. The lowest BCUT2D eigenvalue weighted by molar-refractivity contribution is 0.612. The van der Waals surface area contributed by atoms with Gasteiger partial charge in [0, 0.05) is 6.42 Å². The summed E-state index contributed by atoms with van der Waals surface area (Å²) in [7, 11) is 0. The Morgan fingerprint density at radius 2 is 2.10 bits per heavy atom. The summed E-state index contributed by atoms with van der Waals surface area (Å²) < 4.78 is 14.6. The van der Waals surface area contributed by atoms with Gasteiger partial charge in [0.1, 0.15) is 17.5 Å². The van der Waals surface area contributed by atoms with E-state index in [9.17, 15) is 4.39 Å². The maximum absolute atomic E-state index is 13.9. The van der Waals surface area contributed by atoms with Crippen LogP contribution in [0.3, 0.4) is 0 Å². The van der Waals surface area contributed by atoms with Crippen molar-refractivity contribution < 1.29 is 4.39 Å². The van der Waals surface area contributed by atoms with Gasteiger partial charge in [-0.25, -0.2) is 14.4 Å². The van der Waals surface area contributed by atoms with E-state index < -0.39 is 5.82 Å². The average molecular weight is 359 g/mol. The van der Waals surface area contributed by atoms with Crippen LogP contribution in [-0.2, 0) is 12.8 Å². The lowest BCUT2D eigenvalue weighted by atomic mass is 10.1. The van der Waals surface area contributed by atoms with Crippen LogP contribution in [0.25, 0.3) is 0 Å². The third-order valence-corrected chi connectivity index (χ3v) is 4.01. The summed E-state index contributed by atoms with van der Waals surface area (Å²) in [5, 5.41) is 0.0985. The molecule has 0 saturated heterocycles. The fourth-order valence-corrected chi connectivity index (χ4v) is 2.47. The van der Waals surface area contributed by atoms with E-state index in [1.807, 2.05) is 0 Å². The SMILES string of the molecule is CCCc1nc(Cc2cccc(Cl)c2F)nc(N)c1Br. The van der Waals surface area contributed by atoms with Gasteiger partial charge in [0.05, 0.1) is 15.2 Å². The van der Waals surface area contributed by atoms with Gasteiger partial charge in [-0.1, -0.05) is 37.1 Å². The predicted octanol–water partition coefficient (Wildman–Crippen LogP) is 4.16. The number of nitrogen functional groups attached to an aromatic ring is 1. The van der Waals surface area contributed by atoms with Gasteiger partial charge in [-0.3, -0.25) is 0 Å². The smallest absolute Gasteiger partial charge is 0.145 e. The fraction of sp³-hybridized carbons (Fsp3) is 0.286. The first-order valence-electron chi connectivity index (χ1n) is 6.26. The number of rotatable bonds is 4. The van der Waals surface area contributed by atoms with Gasteiger partial charge in [0.25, 0.3) is 0 Å². The second-order valence-corrected chi connectivity index (χ2v) is 5.63. The molecule has 106 valence electrons. The molecule has 0 radical (unpaired) electrons. The summed E-state index contributed by atoms with van der Waals surface area (Å²) in [6.07, 6.45) is 2.00. The van der Waals surface area contributed by atoms with Crippen LogP contribution in [0.5, 0.6) is 0 Å². The molecule has 0 atom stereocenters. The second-order valence-electron chi connectivity index (χ2n) is 4.43. The molecule has 1 heterocycles. The van der Waals surface area contributed by atoms with E-state index >= 15 is 0 Å². The minimum Gasteiger partial charge on any atom is -0.383 e. The molecule has 0 spiro atoms. The molecule has 0 unspecified atom stereocenters.